The van der Waals surface area contributed by atoms with Gasteiger partial charge in [-0.2, -0.15) is 0 Å². The van der Waals surface area contributed by atoms with Crippen molar-refractivity contribution in [3.63, 3.8) is 0 Å². The van der Waals surface area contributed by atoms with Crippen LogP contribution in [0.4, 0.5) is 0 Å². The van der Waals surface area contributed by atoms with E-state index in [9.17, 15) is 4.79 Å². The lowest BCUT2D eigenvalue weighted by Gasteiger charge is -2.04. The van der Waals surface area contributed by atoms with Gasteiger partial charge in [-0.15, -0.1) is 0 Å². The van der Waals surface area contributed by atoms with Gasteiger partial charge in [0.05, 0.1) is 6.61 Å². The van der Waals surface area contributed by atoms with Gasteiger partial charge in [-0.1, -0.05) is 19.3 Å². The summed E-state index contributed by atoms with van der Waals surface area (Å²) < 4.78 is 5.46. The first-order valence-corrected chi connectivity index (χ1v) is 5.20. The Morgan fingerprint density at radius 1 is 1.38 bits per heavy atom. The third-order valence-electron chi connectivity index (χ3n) is 1.93. The molecule has 0 aliphatic rings. The fourth-order valence-electron chi connectivity index (χ4n) is 1.09. The number of carboxylic acid groups (broad SMARTS) is 1. The average molecular weight is 218 g/mol. The van der Waals surface area contributed by atoms with E-state index in [2.05, 4.69) is 18.8 Å². The van der Waals surface area contributed by atoms with Gasteiger partial charge in [-0.05, 0) is 30.7 Å². The van der Waals surface area contributed by atoms with E-state index >= 15 is 0 Å². The summed E-state index contributed by atoms with van der Waals surface area (Å²) in [6.45, 7) is 2.81. The van der Waals surface area contributed by atoms with E-state index in [0.717, 1.165) is 18.6 Å². The molecule has 1 aromatic rings. The molecule has 16 heavy (non-hydrogen) atoms. The number of carbonyl (C=O) groups is 1. The number of rotatable bonds is 4. The summed E-state index contributed by atoms with van der Waals surface area (Å²) in [6.07, 6.45) is 2.13. The molecule has 1 rings (SSSR count). The highest BCUT2D eigenvalue weighted by Crippen LogP contribution is 2.11. The van der Waals surface area contributed by atoms with Gasteiger partial charge < -0.3 is 9.84 Å². The van der Waals surface area contributed by atoms with Gasteiger partial charge in [0.15, 0.2) is 0 Å². The topological polar surface area (TPSA) is 46.5 Å². The number of hydrogen-bond acceptors (Lipinski definition) is 2. The smallest absolute Gasteiger partial charge is 0.382 e. The Morgan fingerprint density at radius 3 is 2.62 bits per heavy atom. The van der Waals surface area contributed by atoms with Crippen molar-refractivity contribution in [2.24, 2.45) is 0 Å². The van der Waals surface area contributed by atoms with Crippen molar-refractivity contribution < 1.29 is 14.6 Å². The van der Waals surface area contributed by atoms with Crippen LogP contribution < -0.4 is 4.74 Å². The third kappa shape index (κ3) is 4.52. The lowest BCUT2D eigenvalue weighted by atomic mass is 10.2. The Hall–Kier alpha value is -1.95. The molecular formula is C13H14O3. The molecule has 0 aliphatic carbocycles. The van der Waals surface area contributed by atoms with Crippen LogP contribution in [0.25, 0.3) is 0 Å². The Labute approximate surface area is 95.1 Å². The van der Waals surface area contributed by atoms with E-state index in [1.165, 1.54) is 0 Å². The summed E-state index contributed by atoms with van der Waals surface area (Å²) in [7, 11) is 0. The first-order chi connectivity index (χ1) is 7.72. The summed E-state index contributed by atoms with van der Waals surface area (Å²) in [4.78, 5) is 10.2. The van der Waals surface area contributed by atoms with Gasteiger partial charge in [0, 0.05) is 11.5 Å². The van der Waals surface area contributed by atoms with Gasteiger partial charge in [0.2, 0.25) is 0 Å². The second-order valence-electron chi connectivity index (χ2n) is 3.28. The van der Waals surface area contributed by atoms with E-state index in [-0.39, 0.29) is 0 Å². The Morgan fingerprint density at radius 2 is 2.06 bits per heavy atom. The summed E-state index contributed by atoms with van der Waals surface area (Å²) in [5.41, 5.74) is 0.672. The number of carboxylic acids is 1. The molecule has 0 fully saturated rings. The van der Waals surface area contributed by atoms with Gasteiger partial charge >= 0.3 is 5.97 Å². The lowest BCUT2D eigenvalue weighted by molar-refractivity contribution is -0.130. The van der Waals surface area contributed by atoms with Crippen LogP contribution in [-0.4, -0.2) is 17.7 Å². The molecule has 0 amide bonds. The maximum atomic E-state index is 10.2. The van der Waals surface area contributed by atoms with Gasteiger partial charge in [-0.25, -0.2) is 4.79 Å². The molecule has 0 heterocycles. The van der Waals surface area contributed by atoms with Gasteiger partial charge in [0.1, 0.15) is 5.75 Å². The summed E-state index contributed by atoms with van der Waals surface area (Å²) in [5.74, 6) is 4.26. The summed E-state index contributed by atoms with van der Waals surface area (Å²) >= 11 is 0. The minimum absolute atomic E-state index is 0.672. The zero-order chi connectivity index (χ0) is 11.8. The van der Waals surface area contributed by atoms with Crippen LogP contribution in [0.2, 0.25) is 0 Å². The minimum atomic E-state index is -1.12. The Balaban J connectivity index is 2.55. The number of unbranched alkanes of at least 4 members (excludes halogenated alkanes) is 1. The predicted octanol–water partition coefficient (Wildman–Crippen LogP) is 2.30. The molecule has 0 aliphatic heterocycles. The van der Waals surface area contributed by atoms with Crippen molar-refractivity contribution in [2.75, 3.05) is 6.61 Å². The quantitative estimate of drug-likeness (QED) is 0.623. The van der Waals surface area contributed by atoms with Crippen LogP contribution in [0.1, 0.15) is 25.3 Å². The highest BCUT2D eigenvalue weighted by atomic mass is 16.5. The van der Waals surface area contributed by atoms with Gasteiger partial charge in [0.25, 0.3) is 0 Å². The Bertz CT molecular complexity index is 395. The highest BCUT2D eigenvalue weighted by molar-refractivity contribution is 5.87. The lowest BCUT2D eigenvalue weighted by Crippen LogP contribution is -1.96. The highest BCUT2D eigenvalue weighted by Gasteiger charge is 1.93. The first kappa shape index (κ1) is 12.1. The van der Waals surface area contributed by atoms with Crippen molar-refractivity contribution in [3.05, 3.63) is 29.8 Å². The molecular weight excluding hydrogens is 204 g/mol. The molecule has 0 saturated heterocycles. The summed E-state index contributed by atoms with van der Waals surface area (Å²) in [6, 6.07) is 7.08. The van der Waals surface area contributed by atoms with E-state index in [1.54, 1.807) is 24.3 Å². The number of benzene rings is 1. The fraction of sp³-hybridized carbons (Fsp3) is 0.308. The molecule has 0 aromatic heterocycles. The molecule has 84 valence electrons. The predicted molar refractivity (Wildman–Crippen MR) is 61.4 cm³/mol. The number of aliphatic carboxylic acids is 1. The molecule has 0 atom stereocenters. The second kappa shape index (κ2) is 6.52. The Kier molecular flexibility index (Phi) is 4.94. The minimum Gasteiger partial charge on any atom is -0.494 e. The zero-order valence-corrected chi connectivity index (χ0v) is 9.19. The molecule has 3 nitrogen and oxygen atoms in total. The summed E-state index contributed by atoms with van der Waals surface area (Å²) in [5, 5.41) is 8.37. The van der Waals surface area contributed by atoms with E-state index in [0.29, 0.717) is 12.2 Å². The van der Waals surface area contributed by atoms with Crippen LogP contribution in [0.5, 0.6) is 5.75 Å². The average Bonchev–Trinajstić information content (AvgIpc) is 2.28. The molecule has 0 saturated carbocycles. The second-order valence-corrected chi connectivity index (χ2v) is 3.28. The van der Waals surface area contributed by atoms with Crippen LogP contribution in [0, 0.1) is 11.8 Å². The largest absolute Gasteiger partial charge is 0.494 e. The number of hydrogen-bond donors (Lipinski definition) is 1. The van der Waals surface area contributed by atoms with Crippen LogP contribution in [0.3, 0.4) is 0 Å². The van der Waals surface area contributed by atoms with Crippen molar-refractivity contribution in [1.29, 1.82) is 0 Å². The molecule has 0 spiro atoms. The monoisotopic (exact) mass is 218 g/mol. The standard InChI is InChI=1S/C13H14O3/c1-2-3-10-16-12-7-4-11(5-8-12)6-9-13(14)15/h4-5,7-8H,2-3,10H2,1H3,(H,14,15). The molecule has 0 unspecified atom stereocenters. The van der Waals surface area contributed by atoms with Crippen molar-refractivity contribution >= 4 is 5.97 Å². The molecule has 1 aromatic carbocycles. The van der Waals surface area contributed by atoms with Crippen molar-refractivity contribution in [1.82, 2.24) is 0 Å². The SMILES string of the molecule is CCCCOc1ccc(C#CC(=O)O)cc1. The third-order valence-corrected chi connectivity index (χ3v) is 1.93. The maximum Gasteiger partial charge on any atom is 0.382 e. The molecule has 0 bridgehead atoms. The van der Waals surface area contributed by atoms with E-state index in [4.69, 9.17) is 9.84 Å². The normalized spacial score (nSPS) is 9.06. The van der Waals surface area contributed by atoms with E-state index < -0.39 is 5.97 Å². The molecule has 0 radical (unpaired) electrons. The molecule has 1 N–H and O–H groups in total. The first-order valence-electron chi connectivity index (χ1n) is 5.20. The maximum absolute atomic E-state index is 10.2. The van der Waals surface area contributed by atoms with Gasteiger partial charge in [-0.3, -0.25) is 0 Å². The molecule has 3 heteroatoms. The van der Waals surface area contributed by atoms with Crippen LogP contribution in [0.15, 0.2) is 24.3 Å². The number of ether oxygens (including phenoxy) is 1. The van der Waals surface area contributed by atoms with E-state index in [1.807, 2.05) is 0 Å². The van der Waals surface area contributed by atoms with Crippen LogP contribution in [-0.2, 0) is 4.79 Å². The fourth-order valence-corrected chi connectivity index (χ4v) is 1.09. The zero-order valence-electron chi connectivity index (χ0n) is 9.19. The van der Waals surface area contributed by atoms with Crippen LogP contribution >= 0.6 is 0 Å². The van der Waals surface area contributed by atoms with Crippen molar-refractivity contribution in [2.45, 2.75) is 19.8 Å². The van der Waals surface area contributed by atoms with Crippen molar-refractivity contribution in [3.8, 4) is 17.6 Å².